The number of ether oxygens (including phenoxy) is 3. The van der Waals surface area contributed by atoms with Crippen molar-refractivity contribution in [2.75, 3.05) is 21.3 Å². The van der Waals surface area contributed by atoms with Gasteiger partial charge in [0.25, 0.3) is 0 Å². The second-order valence-electron chi connectivity index (χ2n) is 10.8. The maximum absolute atomic E-state index is 14.3. The normalized spacial score (nSPS) is 52.8. The Hall–Kier alpha value is -0.640. The Morgan fingerprint density at radius 3 is 2.45 bits per heavy atom. The lowest BCUT2D eigenvalue weighted by Gasteiger charge is -2.44. The second kappa shape index (κ2) is 8.79. The van der Waals surface area contributed by atoms with Crippen molar-refractivity contribution in [1.82, 2.24) is 10.4 Å². The van der Waals surface area contributed by atoms with Gasteiger partial charge in [-0.1, -0.05) is 13.3 Å². The van der Waals surface area contributed by atoms with Gasteiger partial charge < -0.3 is 14.2 Å². The number of carbonyl (C=O) groups is 2. The van der Waals surface area contributed by atoms with E-state index in [1.165, 1.54) is 0 Å². The Balaban J connectivity index is 1.50. The van der Waals surface area contributed by atoms with Crippen molar-refractivity contribution in [2.45, 2.75) is 93.0 Å². The molecule has 0 bridgehead atoms. The fourth-order valence-corrected chi connectivity index (χ4v) is 8.09. The fourth-order valence-electron chi connectivity index (χ4n) is 7.68. The Bertz CT molecular complexity index is 803. The number of nitrogens with zero attached hydrogens (tertiary/aromatic N) is 1. The Kier molecular flexibility index (Phi) is 6.41. The first kappa shape index (κ1) is 24.1. The van der Waals surface area contributed by atoms with Gasteiger partial charge in [-0.25, -0.2) is 9.40 Å². The van der Waals surface area contributed by atoms with E-state index in [0.717, 1.165) is 12.8 Å². The maximum Gasteiger partial charge on any atom is 0.188 e. The van der Waals surface area contributed by atoms with E-state index < -0.39 is 41.2 Å². The third kappa shape index (κ3) is 3.46. The van der Waals surface area contributed by atoms with Crippen LogP contribution in [0.3, 0.4) is 0 Å². The molecule has 2 heterocycles. The first-order chi connectivity index (χ1) is 15.7. The number of nitrogens with one attached hydrogen (secondary N) is 1. The highest BCUT2D eigenvalue weighted by atomic mass is 35.5. The van der Waals surface area contributed by atoms with Crippen LogP contribution in [0, 0.1) is 23.7 Å². The van der Waals surface area contributed by atoms with Crippen LogP contribution >= 0.6 is 11.6 Å². The Morgan fingerprint density at radius 2 is 1.79 bits per heavy atom. The van der Waals surface area contributed by atoms with Gasteiger partial charge in [0.05, 0.1) is 35.5 Å². The van der Waals surface area contributed by atoms with Crippen LogP contribution in [0.15, 0.2) is 0 Å². The zero-order chi connectivity index (χ0) is 23.7. The zero-order valence-electron chi connectivity index (χ0n) is 19.8. The fraction of sp³-hybridized carbons (Fsp3) is 0.917. The predicted molar refractivity (Wildman–Crippen MR) is 120 cm³/mol. The average Bonchev–Trinajstić information content (AvgIpc) is 3.28. The molecule has 10 unspecified atom stereocenters. The predicted octanol–water partition coefficient (Wildman–Crippen LogP) is 2.29. The molecule has 0 aromatic rings. The summed E-state index contributed by atoms with van der Waals surface area (Å²) in [7, 11) is 5.10. The lowest BCUT2D eigenvalue weighted by molar-refractivity contribution is -0.170. The molecular formula is C24H36ClFN2O5. The van der Waals surface area contributed by atoms with E-state index in [0.29, 0.717) is 25.7 Å². The van der Waals surface area contributed by atoms with Crippen molar-refractivity contribution >= 4 is 23.2 Å². The van der Waals surface area contributed by atoms with E-state index in [1.807, 2.05) is 19.0 Å². The largest absolute Gasteiger partial charge is 0.380 e. The first-order valence-electron chi connectivity index (χ1n) is 12.3. The number of methoxy groups -OCH3 is 2. The molecule has 3 saturated carbocycles. The number of hydrogen-bond acceptors (Lipinski definition) is 7. The highest BCUT2D eigenvalue weighted by Crippen LogP contribution is 2.53. The number of hydrogen-bond donors (Lipinski definition) is 1. The van der Waals surface area contributed by atoms with Crippen LogP contribution in [0.1, 0.15) is 45.4 Å². The van der Waals surface area contributed by atoms with Crippen molar-refractivity contribution in [3.8, 4) is 0 Å². The third-order valence-electron chi connectivity index (χ3n) is 9.21. The molecule has 12 atom stereocenters. The maximum atomic E-state index is 14.3. The summed E-state index contributed by atoms with van der Waals surface area (Å²) in [4.78, 5) is 28.3. The van der Waals surface area contributed by atoms with Crippen LogP contribution in [0.5, 0.6) is 0 Å². The molecule has 5 fully saturated rings. The van der Waals surface area contributed by atoms with E-state index in [1.54, 1.807) is 14.2 Å². The van der Waals surface area contributed by atoms with Crippen LogP contribution in [-0.2, 0) is 23.8 Å². The number of rotatable bonds is 3. The lowest BCUT2D eigenvalue weighted by Crippen LogP contribution is -2.62. The molecule has 5 rings (SSSR count). The van der Waals surface area contributed by atoms with Crippen LogP contribution in [0.4, 0.5) is 4.39 Å². The molecule has 3 aliphatic carbocycles. The SMILES string of the molecule is COC1CC(OC)C2C(=O)[C@@]3(OC2C1Cl)C(=O)C1C(C[C@H]3C)NN(C)C1C1CCCC(F)C1. The van der Waals surface area contributed by atoms with Gasteiger partial charge in [0.2, 0.25) is 0 Å². The molecule has 1 spiro atoms. The molecule has 0 radical (unpaired) electrons. The van der Waals surface area contributed by atoms with Crippen molar-refractivity contribution in [1.29, 1.82) is 0 Å². The highest BCUT2D eigenvalue weighted by Gasteiger charge is 2.71. The van der Waals surface area contributed by atoms with E-state index in [4.69, 9.17) is 25.8 Å². The van der Waals surface area contributed by atoms with Gasteiger partial charge in [0.1, 0.15) is 6.17 Å². The first-order valence-corrected chi connectivity index (χ1v) is 12.8. The smallest absolute Gasteiger partial charge is 0.188 e. The van der Waals surface area contributed by atoms with Crippen LogP contribution in [-0.4, -0.2) is 85.4 Å². The van der Waals surface area contributed by atoms with Crippen molar-refractivity contribution in [2.24, 2.45) is 23.7 Å². The summed E-state index contributed by atoms with van der Waals surface area (Å²) in [5.41, 5.74) is 1.93. The molecule has 7 nitrogen and oxygen atoms in total. The number of alkyl halides is 2. The molecule has 2 saturated heterocycles. The van der Waals surface area contributed by atoms with Crippen LogP contribution in [0.25, 0.3) is 0 Å². The monoisotopic (exact) mass is 486 g/mol. The van der Waals surface area contributed by atoms with Gasteiger partial charge in [0, 0.05) is 45.7 Å². The summed E-state index contributed by atoms with van der Waals surface area (Å²) >= 11 is 6.74. The molecule has 33 heavy (non-hydrogen) atoms. The minimum Gasteiger partial charge on any atom is -0.380 e. The summed E-state index contributed by atoms with van der Waals surface area (Å²) < 4.78 is 32.0. The summed E-state index contributed by atoms with van der Waals surface area (Å²) in [6.07, 6.45) is 1.67. The average molecular weight is 487 g/mol. The molecule has 9 heteroatoms. The minimum absolute atomic E-state index is 0.0693. The zero-order valence-corrected chi connectivity index (χ0v) is 20.6. The molecule has 1 N–H and O–H groups in total. The minimum atomic E-state index is -1.53. The van der Waals surface area contributed by atoms with E-state index in [-0.39, 0.29) is 41.6 Å². The van der Waals surface area contributed by atoms with Crippen molar-refractivity contribution in [3.05, 3.63) is 0 Å². The number of carbonyl (C=O) groups excluding carboxylic acids is 2. The van der Waals surface area contributed by atoms with Gasteiger partial charge in [0.15, 0.2) is 17.2 Å². The summed E-state index contributed by atoms with van der Waals surface area (Å²) in [5.74, 6) is -1.61. The topological polar surface area (TPSA) is 77.1 Å². The van der Waals surface area contributed by atoms with Gasteiger partial charge in [-0.2, -0.15) is 0 Å². The summed E-state index contributed by atoms with van der Waals surface area (Å²) in [5, 5.41) is 1.45. The quantitative estimate of drug-likeness (QED) is 0.484. The van der Waals surface area contributed by atoms with E-state index >= 15 is 0 Å². The molecule has 0 aromatic heterocycles. The second-order valence-corrected chi connectivity index (χ2v) is 11.3. The van der Waals surface area contributed by atoms with E-state index in [9.17, 15) is 14.0 Å². The van der Waals surface area contributed by atoms with Crippen LogP contribution < -0.4 is 5.43 Å². The number of ketones is 2. The van der Waals surface area contributed by atoms with Gasteiger partial charge in [-0.15, -0.1) is 11.6 Å². The molecule has 5 aliphatic rings. The van der Waals surface area contributed by atoms with E-state index in [2.05, 4.69) is 5.43 Å². The molecular weight excluding hydrogens is 451 g/mol. The van der Waals surface area contributed by atoms with Gasteiger partial charge in [-0.3, -0.25) is 15.0 Å². The van der Waals surface area contributed by atoms with Crippen molar-refractivity contribution < 1.29 is 28.2 Å². The number of fused-ring (bicyclic) bond motifs is 2. The molecule has 2 aliphatic heterocycles. The Morgan fingerprint density at radius 1 is 1.09 bits per heavy atom. The van der Waals surface area contributed by atoms with Gasteiger partial charge >= 0.3 is 0 Å². The summed E-state index contributed by atoms with van der Waals surface area (Å²) in [6.45, 7) is 1.93. The molecule has 0 aromatic carbocycles. The third-order valence-corrected chi connectivity index (χ3v) is 9.74. The summed E-state index contributed by atoms with van der Waals surface area (Å²) in [6, 6.07) is -0.231. The number of halogens is 2. The number of Topliss-reactive ketones (excluding diaryl/α,β-unsaturated/α-hetero) is 2. The van der Waals surface area contributed by atoms with Gasteiger partial charge in [-0.05, 0) is 31.6 Å². The standard InChI is InChI=1S/C24H36ClFN2O5/c1-11-8-14-17(20(28(2)27-14)12-6-5-7-13(26)9-12)22(29)24(11)23(30)18-15(31-3)10-16(32-4)19(25)21(18)33-24/h11-21,27H,5-10H2,1-4H3/t11-,12?,13?,14?,15?,16?,17?,18?,19?,20?,21?,24+/m1/s1. The van der Waals surface area contributed by atoms with Crippen LogP contribution in [0.2, 0.25) is 0 Å². The lowest BCUT2D eigenvalue weighted by atomic mass is 9.61. The highest BCUT2D eigenvalue weighted by molar-refractivity contribution is 6.23. The Labute approximate surface area is 200 Å². The number of hydrazine groups is 1. The van der Waals surface area contributed by atoms with Crippen molar-refractivity contribution in [3.63, 3.8) is 0 Å². The molecule has 0 amide bonds. The molecule has 186 valence electrons.